The second-order valence-corrected chi connectivity index (χ2v) is 5.51. The van der Waals surface area contributed by atoms with E-state index in [0.29, 0.717) is 10.9 Å². The first kappa shape index (κ1) is 12.9. The zero-order valence-corrected chi connectivity index (χ0v) is 11.5. The van der Waals surface area contributed by atoms with E-state index in [1.54, 1.807) is 0 Å². The van der Waals surface area contributed by atoms with Gasteiger partial charge in [0.25, 0.3) is 0 Å². The SMILES string of the molecule is CC1CCOC1C(NN)c1cc2cc(Cl)ccc2o1. The minimum atomic E-state index is -0.135. The molecule has 3 N–H and O–H groups in total. The summed E-state index contributed by atoms with van der Waals surface area (Å²) in [6.07, 6.45) is 1.09. The van der Waals surface area contributed by atoms with Gasteiger partial charge in [0.15, 0.2) is 0 Å². The van der Waals surface area contributed by atoms with Crippen LogP contribution in [0, 0.1) is 5.92 Å². The number of halogens is 1. The molecule has 1 saturated heterocycles. The van der Waals surface area contributed by atoms with Crippen LogP contribution in [0.15, 0.2) is 28.7 Å². The first-order valence-corrected chi connectivity index (χ1v) is 6.83. The lowest BCUT2D eigenvalue weighted by molar-refractivity contribution is 0.0544. The van der Waals surface area contributed by atoms with E-state index < -0.39 is 0 Å². The summed E-state index contributed by atoms with van der Waals surface area (Å²) in [4.78, 5) is 0. The fourth-order valence-electron chi connectivity index (χ4n) is 2.67. The average molecular weight is 281 g/mol. The van der Waals surface area contributed by atoms with Gasteiger partial charge in [0, 0.05) is 17.0 Å². The van der Waals surface area contributed by atoms with Crippen LogP contribution in [-0.2, 0) is 4.74 Å². The summed E-state index contributed by atoms with van der Waals surface area (Å²) in [5.41, 5.74) is 3.63. The summed E-state index contributed by atoms with van der Waals surface area (Å²) in [6.45, 7) is 2.94. The Morgan fingerprint density at radius 2 is 2.26 bits per heavy atom. The number of hydrogen-bond donors (Lipinski definition) is 2. The maximum Gasteiger partial charge on any atom is 0.134 e. The van der Waals surface area contributed by atoms with Gasteiger partial charge in [0.2, 0.25) is 0 Å². The molecule has 3 atom stereocenters. The summed E-state index contributed by atoms with van der Waals surface area (Å²) in [7, 11) is 0. The Labute approximate surface area is 116 Å². The van der Waals surface area contributed by atoms with E-state index in [-0.39, 0.29) is 12.1 Å². The van der Waals surface area contributed by atoms with Crippen molar-refractivity contribution in [3.63, 3.8) is 0 Å². The minimum absolute atomic E-state index is 0.0426. The summed E-state index contributed by atoms with van der Waals surface area (Å²) < 4.78 is 11.6. The fraction of sp³-hybridized carbons (Fsp3) is 0.429. The Kier molecular flexibility index (Phi) is 3.50. The van der Waals surface area contributed by atoms with Crippen molar-refractivity contribution in [3.05, 3.63) is 35.0 Å². The van der Waals surface area contributed by atoms with Gasteiger partial charge in [-0.3, -0.25) is 5.84 Å². The molecule has 4 nitrogen and oxygen atoms in total. The predicted molar refractivity (Wildman–Crippen MR) is 74.8 cm³/mol. The van der Waals surface area contributed by atoms with Crippen LogP contribution in [0.2, 0.25) is 5.02 Å². The molecule has 2 aromatic rings. The maximum atomic E-state index is 5.98. The highest BCUT2D eigenvalue weighted by Crippen LogP contribution is 2.34. The van der Waals surface area contributed by atoms with E-state index >= 15 is 0 Å². The minimum Gasteiger partial charge on any atom is -0.459 e. The molecule has 0 amide bonds. The first-order valence-electron chi connectivity index (χ1n) is 6.46. The van der Waals surface area contributed by atoms with Crippen molar-refractivity contribution in [1.29, 1.82) is 0 Å². The Hall–Kier alpha value is -1.07. The lowest BCUT2D eigenvalue weighted by atomic mass is 9.96. The van der Waals surface area contributed by atoms with Crippen molar-refractivity contribution < 1.29 is 9.15 Å². The monoisotopic (exact) mass is 280 g/mol. The van der Waals surface area contributed by atoms with E-state index in [9.17, 15) is 0 Å². The van der Waals surface area contributed by atoms with Crippen molar-refractivity contribution in [1.82, 2.24) is 5.43 Å². The average Bonchev–Trinajstić information content (AvgIpc) is 2.97. The van der Waals surface area contributed by atoms with Gasteiger partial charge in [-0.05, 0) is 36.6 Å². The predicted octanol–water partition coefficient (Wildman–Crippen LogP) is 3.02. The highest BCUT2D eigenvalue weighted by Gasteiger charge is 2.34. The van der Waals surface area contributed by atoms with Crippen LogP contribution in [0.1, 0.15) is 25.1 Å². The molecule has 0 radical (unpaired) electrons. The summed E-state index contributed by atoms with van der Waals surface area (Å²) in [6, 6.07) is 7.41. The van der Waals surface area contributed by atoms with E-state index in [1.165, 1.54) is 0 Å². The number of benzene rings is 1. The first-order chi connectivity index (χ1) is 9.19. The number of rotatable bonds is 3. The molecule has 1 aliphatic rings. The molecular weight excluding hydrogens is 264 g/mol. The third kappa shape index (κ3) is 2.37. The van der Waals surface area contributed by atoms with Gasteiger partial charge < -0.3 is 9.15 Å². The van der Waals surface area contributed by atoms with Gasteiger partial charge in [-0.1, -0.05) is 18.5 Å². The number of nitrogens with one attached hydrogen (secondary N) is 1. The lowest BCUT2D eigenvalue weighted by Gasteiger charge is -2.23. The maximum absolute atomic E-state index is 5.98. The standard InChI is InChI=1S/C14H17ClN2O2/c1-8-4-5-18-14(8)13(17-16)12-7-9-6-10(15)2-3-11(9)19-12/h2-3,6-8,13-14,17H,4-5,16H2,1H3. The number of fused-ring (bicyclic) bond motifs is 1. The van der Waals surface area contributed by atoms with Crippen molar-refractivity contribution in [2.24, 2.45) is 11.8 Å². The van der Waals surface area contributed by atoms with Gasteiger partial charge in [-0.25, -0.2) is 5.43 Å². The second-order valence-electron chi connectivity index (χ2n) is 5.08. The Morgan fingerprint density at radius 3 is 2.95 bits per heavy atom. The molecule has 1 fully saturated rings. The van der Waals surface area contributed by atoms with Crippen LogP contribution in [-0.4, -0.2) is 12.7 Å². The molecule has 1 aromatic carbocycles. The Balaban J connectivity index is 1.96. The molecular formula is C14H17ClN2O2. The topological polar surface area (TPSA) is 60.4 Å². The van der Waals surface area contributed by atoms with Gasteiger partial charge in [-0.2, -0.15) is 0 Å². The van der Waals surface area contributed by atoms with E-state index in [1.807, 2.05) is 24.3 Å². The molecule has 3 unspecified atom stereocenters. The van der Waals surface area contributed by atoms with Crippen LogP contribution in [0.5, 0.6) is 0 Å². The fourth-order valence-corrected chi connectivity index (χ4v) is 2.85. The summed E-state index contributed by atoms with van der Waals surface area (Å²) >= 11 is 5.98. The van der Waals surface area contributed by atoms with Crippen LogP contribution in [0.3, 0.4) is 0 Å². The molecule has 1 aliphatic heterocycles. The molecule has 19 heavy (non-hydrogen) atoms. The number of nitrogens with two attached hydrogens (primary N) is 1. The van der Waals surface area contributed by atoms with Crippen molar-refractivity contribution in [2.45, 2.75) is 25.5 Å². The zero-order chi connectivity index (χ0) is 13.4. The molecule has 3 rings (SSSR count). The van der Waals surface area contributed by atoms with Crippen LogP contribution in [0.25, 0.3) is 11.0 Å². The molecule has 0 aliphatic carbocycles. The highest BCUT2D eigenvalue weighted by atomic mass is 35.5. The zero-order valence-electron chi connectivity index (χ0n) is 10.7. The van der Waals surface area contributed by atoms with E-state index in [4.69, 9.17) is 26.6 Å². The molecule has 2 heterocycles. The third-order valence-electron chi connectivity index (χ3n) is 3.76. The van der Waals surface area contributed by atoms with Gasteiger partial charge in [0.05, 0.1) is 6.10 Å². The Morgan fingerprint density at radius 1 is 1.42 bits per heavy atom. The number of furan rings is 1. The van der Waals surface area contributed by atoms with E-state index in [2.05, 4.69) is 12.3 Å². The van der Waals surface area contributed by atoms with Crippen LogP contribution < -0.4 is 11.3 Å². The molecule has 0 bridgehead atoms. The molecule has 5 heteroatoms. The number of hydrogen-bond acceptors (Lipinski definition) is 4. The van der Waals surface area contributed by atoms with Crippen LogP contribution >= 0.6 is 11.6 Å². The van der Waals surface area contributed by atoms with Crippen LogP contribution in [0.4, 0.5) is 0 Å². The van der Waals surface area contributed by atoms with Crippen molar-refractivity contribution >= 4 is 22.6 Å². The van der Waals surface area contributed by atoms with Gasteiger partial charge in [0.1, 0.15) is 17.4 Å². The quantitative estimate of drug-likeness (QED) is 0.670. The molecule has 0 saturated carbocycles. The van der Waals surface area contributed by atoms with Crippen molar-refractivity contribution in [2.75, 3.05) is 6.61 Å². The van der Waals surface area contributed by atoms with Crippen molar-refractivity contribution in [3.8, 4) is 0 Å². The summed E-state index contributed by atoms with van der Waals surface area (Å²) in [5.74, 6) is 6.93. The normalized spacial score (nSPS) is 25.0. The Bertz CT molecular complexity index is 584. The molecule has 102 valence electrons. The van der Waals surface area contributed by atoms with Gasteiger partial charge >= 0.3 is 0 Å². The lowest BCUT2D eigenvalue weighted by Crippen LogP contribution is -2.38. The summed E-state index contributed by atoms with van der Waals surface area (Å²) in [5, 5.41) is 1.68. The second kappa shape index (κ2) is 5.13. The van der Waals surface area contributed by atoms with E-state index in [0.717, 1.165) is 29.8 Å². The van der Waals surface area contributed by atoms with Gasteiger partial charge in [-0.15, -0.1) is 0 Å². The third-order valence-corrected chi connectivity index (χ3v) is 3.99. The molecule has 1 aromatic heterocycles. The molecule has 0 spiro atoms. The number of ether oxygens (including phenoxy) is 1. The largest absolute Gasteiger partial charge is 0.459 e. The highest BCUT2D eigenvalue weighted by molar-refractivity contribution is 6.31. The number of hydrazine groups is 1. The smallest absolute Gasteiger partial charge is 0.134 e.